The maximum Gasteiger partial charge on any atom is 0.326 e. The van der Waals surface area contributed by atoms with Crippen molar-refractivity contribution in [1.82, 2.24) is 31.9 Å². The van der Waals surface area contributed by atoms with E-state index in [0.717, 1.165) is 0 Å². The molecular formula is C33H62N10O11. The maximum absolute atomic E-state index is 13.5. The lowest BCUT2D eigenvalue weighted by Crippen LogP contribution is -2.61. The lowest BCUT2D eigenvalue weighted by atomic mass is 10.0. The van der Waals surface area contributed by atoms with Crippen molar-refractivity contribution in [1.29, 1.82) is 0 Å². The van der Waals surface area contributed by atoms with Crippen LogP contribution < -0.4 is 54.8 Å². The molecule has 0 aromatic heterocycles. The molecule has 21 heteroatoms. The van der Waals surface area contributed by atoms with Gasteiger partial charge in [-0.2, -0.15) is 0 Å². The van der Waals surface area contributed by atoms with E-state index < -0.39 is 102 Å². The van der Waals surface area contributed by atoms with Gasteiger partial charge in [0.25, 0.3) is 0 Å². The number of primary amides is 1. The van der Waals surface area contributed by atoms with Crippen molar-refractivity contribution in [3.63, 3.8) is 0 Å². The van der Waals surface area contributed by atoms with E-state index in [-0.39, 0.29) is 51.1 Å². The van der Waals surface area contributed by atoms with Crippen LogP contribution in [0.1, 0.15) is 85.5 Å². The Morgan fingerprint density at radius 1 is 0.574 bits per heavy atom. The van der Waals surface area contributed by atoms with E-state index in [1.54, 1.807) is 13.8 Å². The summed E-state index contributed by atoms with van der Waals surface area (Å²) >= 11 is 0. The number of aliphatic carboxylic acids is 1. The number of carboxylic acid groups (broad SMARTS) is 1. The summed E-state index contributed by atoms with van der Waals surface area (Å²) < 4.78 is 0. The van der Waals surface area contributed by atoms with Crippen molar-refractivity contribution >= 4 is 47.3 Å². The first-order chi connectivity index (χ1) is 25.3. The summed E-state index contributed by atoms with van der Waals surface area (Å²) in [7, 11) is 0. The number of nitrogens with one attached hydrogen (secondary N) is 6. The zero-order chi connectivity index (χ0) is 41.5. The molecule has 0 rings (SSSR count). The summed E-state index contributed by atoms with van der Waals surface area (Å²) in [5, 5.41) is 44.2. The fourth-order valence-corrected chi connectivity index (χ4v) is 5.01. The molecular weight excluding hydrogens is 712 g/mol. The first kappa shape index (κ1) is 49.6. The number of aliphatic hydroxyl groups excluding tert-OH is 2. The molecule has 0 radical (unpaired) electrons. The van der Waals surface area contributed by atoms with E-state index in [4.69, 9.17) is 22.9 Å². The molecule has 17 N–H and O–H groups in total. The number of nitrogens with two attached hydrogens (primary N) is 4. The average molecular weight is 775 g/mol. The predicted molar refractivity (Wildman–Crippen MR) is 195 cm³/mol. The number of carboxylic acids is 1. The molecule has 54 heavy (non-hydrogen) atoms. The Kier molecular flexibility index (Phi) is 24.2. The molecule has 0 saturated carbocycles. The van der Waals surface area contributed by atoms with Crippen molar-refractivity contribution in [3.05, 3.63) is 0 Å². The van der Waals surface area contributed by atoms with Crippen molar-refractivity contribution < 1.29 is 53.7 Å². The Bertz CT molecular complexity index is 1250. The highest BCUT2D eigenvalue weighted by molar-refractivity contribution is 5.97. The summed E-state index contributed by atoms with van der Waals surface area (Å²) in [5.41, 5.74) is 22.0. The minimum atomic E-state index is -1.65. The number of carbonyl (C=O) groups excluding carboxylic acids is 7. The van der Waals surface area contributed by atoms with Gasteiger partial charge in [-0.15, -0.1) is 0 Å². The molecule has 0 aromatic rings. The summed E-state index contributed by atoms with van der Waals surface area (Å²) in [6.45, 7) is 5.68. The third kappa shape index (κ3) is 19.6. The van der Waals surface area contributed by atoms with E-state index >= 15 is 0 Å². The maximum atomic E-state index is 13.5. The summed E-state index contributed by atoms with van der Waals surface area (Å²) in [6.07, 6.45) is -0.397. The highest BCUT2D eigenvalue weighted by Gasteiger charge is 2.34. The third-order valence-electron chi connectivity index (χ3n) is 8.09. The SMILES string of the molecule is CC(C)C[C@H](NC(=O)[C@H](CCC(N)=O)NC(=O)[C@H](CCCCN)NC(=O)[C@H](CO)NC(=O)[C@H](CCCCN)NC(=O)[C@@H](NC(=O)[C@H](C)N)[C@@H](C)O)C(=O)O. The summed E-state index contributed by atoms with van der Waals surface area (Å²) in [6, 6.07) is -9.55. The van der Waals surface area contributed by atoms with Gasteiger partial charge in [-0.05, 0) is 84.2 Å². The van der Waals surface area contributed by atoms with Crippen LogP contribution in [0.15, 0.2) is 0 Å². The van der Waals surface area contributed by atoms with Gasteiger partial charge in [0.2, 0.25) is 41.4 Å². The molecule has 310 valence electrons. The Morgan fingerprint density at radius 3 is 1.35 bits per heavy atom. The molecule has 0 bridgehead atoms. The molecule has 0 aromatic carbocycles. The molecule has 0 aliphatic rings. The molecule has 0 unspecified atom stereocenters. The lowest BCUT2D eigenvalue weighted by Gasteiger charge is -2.27. The number of unbranched alkanes of at least 4 members (excludes halogenated alkanes) is 2. The topological polar surface area (TPSA) is 374 Å². The molecule has 0 saturated heterocycles. The first-order valence-electron chi connectivity index (χ1n) is 18.1. The second-order valence-electron chi connectivity index (χ2n) is 13.5. The second-order valence-corrected chi connectivity index (χ2v) is 13.5. The van der Waals surface area contributed by atoms with Gasteiger partial charge in [-0.25, -0.2) is 4.79 Å². The van der Waals surface area contributed by atoms with Crippen LogP contribution in [0.25, 0.3) is 0 Å². The third-order valence-corrected chi connectivity index (χ3v) is 8.09. The van der Waals surface area contributed by atoms with E-state index in [1.807, 2.05) is 0 Å². The van der Waals surface area contributed by atoms with Crippen LogP contribution in [0.4, 0.5) is 0 Å². The van der Waals surface area contributed by atoms with Gasteiger partial charge in [0.05, 0.1) is 18.8 Å². The van der Waals surface area contributed by atoms with Gasteiger partial charge in [-0.3, -0.25) is 33.6 Å². The summed E-state index contributed by atoms with van der Waals surface area (Å²) in [4.78, 5) is 102. The molecule has 7 amide bonds. The van der Waals surface area contributed by atoms with Crippen LogP contribution in [0.3, 0.4) is 0 Å². The van der Waals surface area contributed by atoms with E-state index in [9.17, 15) is 53.7 Å². The van der Waals surface area contributed by atoms with Crippen LogP contribution >= 0.6 is 0 Å². The molecule has 21 nitrogen and oxygen atoms in total. The molecule has 8 atom stereocenters. The van der Waals surface area contributed by atoms with E-state index in [2.05, 4.69) is 31.9 Å². The van der Waals surface area contributed by atoms with Gasteiger partial charge >= 0.3 is 5.97 Å². The molecule has 0 spiro atoms. The van der Waals surface area contributed by atoms with Crippen LogP contribution in [-0.4, -0.2) is 131 Å². The fraction of sp³-hybridized carbons (Fsp3) is 0.758. The van der Waals surface area contributed by atoms with Crippen molar-refractivity contribution in [3.8, 4) is 0 Å². The molecule has 0 fully saturated rings. The number of carbonyl (C=O) groups is 8. The second kappa shape index (κ2) is 26.4. The normalized spacial score (nSPS) is 15.6. The molecule has 0 aliphatic carbocycles. The van der Waals surface area contributed by atoms with Gasteiger partial charge in [0.1, 0.15) is 36.3 Å². The van der Waals surface area contributed by atoms with Crippen LogP contribution in [0.2, 0.25) is 0 Å². The van der Waals surface area contributed by atoms with Crippen molar-refractivity contribution in [2.24, 2.45) is 28.9 Å². The van der Waals surface area contributed by atoms with Crippen LogP contribution in [0.5, 0.6) is 0 Å². The number of hydrogen-bond acceptors (Lipinski definition) is 13. The Balaban J connectivity index is 6.18. The highest BCUT2D eigenvalue weighted by atomic mass is 16.4. The van der Waals surface area contributed by atoms with E-state index in [0.29, 0.717) is 25.7 Å². The highest BCUT2D eigenvalue weighted by Crippen LogP contribution is 2.09. The Hall–Kier alpha value is -4.44. The predicted octanol–water partition coefficient (Wildman–Crippen LogP) is -4.73. The fourth-order valence-electron chi connectivity index (χ4n) is 5.01. The first-order valence-corrected chi connectivity index (χ1v) is 18.1. The zero-order valence-electron chi connectivity index (χ0n) is 31.6. The monoisotopic (exact) mass is 774 g/mol. The number of aliphatic hydroxyl groups is 2. The molecule has 0 heterocycles. The number of hydrogen-bond donors (Lipinski definition) is 13. The smallest absolute Gasteiger partial charge is 0.326 e. The van der Waals surface area contributed by atoms with E-state index in [1.165, 1.54) is 13.8 Å². The Morgan fingerprint density at radius 2 is 0.981 bits per heavy atom. The van der Waals surface area contributed by atoms with Crippen molar-refractivity contribution in [2.45, 2.75) is 134 Å². The molecule has 0 aliphatic heterocycles. The van der Waals surface area contributed by atoms with Crippen molar-refractivity contribution in [2.75, 3.05) is 19.7 Å². The quantitative estimate of drug-likeness (QED) is 0.0332. The average Bonchev–Trinajstić information content (AvgIpc) is 3.08. The zero-order valence-corrected chi connectivity index (χ0v) is 31.6. The minimum Gasteiger partial charge on any atom is -0.480 e. The number of rotatable bonds is 28. The van der Waals surface area contributed by atoms with Gasteiger partial charge in [0, 0.05) is 6.42 Å². The van der Waals surface area contributed by atoms with Gasteiger partial charge in [-0.1, -0.05) is 13.8 Å². The van der Waals surface area contributed by atoms with Gasteiger partial charge in [0.15, 0.2) is 0 Å². The van der Waals surface area contributed by atoms with Crippen LogP contribution in [-0.2, 0) is 38.4 Å². The minimum absolute atomic E-state index is 0.0121. The Labute approximate surface area is 315 Å². The largest absolute Gasteiger partial charge is 0.480 e. The summed E-state index contributed by atoms with van der Waals surface area (Å²) in [5.74, 6) is -7.60. The van der Waals surface area contributed by atoms with Gasteiger partial charge < -0.3 is 70.2 Å². The lowest BCUT2D eigenvalue weighted by molar-refractivity contribution is -0.143. The number of amides is 7. The van der Waals surface area contributed by atoms with Crippen LogP contribution in [0, 0.1) is 5.92 Å². The standard InChI is InChI=1S/C33H62N10O11/c1-17(2)15-23(33(53)54)41-30(50)22(11-12-25(37)46)39-28(48)20(9-5-7-13-34)38-31(51)24(16-44)42-29(49)21(10-6-8-14-35)40-32(52)26(19(4)45)43-27(47)18(3)36/h17-24,26,44-45H,5-16,34-36H2,1-4H3,(H2,37,46)(H,38,51)(H,39,48)(H,40,52)(H,41,50)(H,42,49)(H,43,47)(H,53,54)/t18-,19+,20-,21-,22-,23-,24-,26-/m0/s1.